The highest BCUT2D eigenvalue weighted by molar-refractivity contribution is 5.97. The van der Waals surface area contributed by atoms with Crippen molar-refractivity contribution in [1.29, 1.82) is 0 Å². The van der Waals surface area contributed by atoms with Crippen molar-refractivity contribution in [2.75, 3.05) is 6.54 Å². The molecule has 0 atom stereocenters. The van der Waals surface area contributed by atoms with Crippen LogP contribution in [0.1, 0.15) is 16.8 Å². The molecule has 0 aliphatic rings. The molecule has 80 valence electrons. The molecule has 0 saturated carbocycles. The van der Waals surface area contributed by atoms with Crippen molar-refractivity contribution in [3.63, 3.8) is 0 Å². The fourth-order valence-electron chi connectivity index (χ4n) is 1.09. The summed E-state index contributed by atoms with van der Waals surface area (Å²) in [5.74, 6) is -0.615. The molecule has 15 heavy (non-hydrogen) atoms. The summed E-state index contributed by atoms with van der Waals surface area (Å²) < 4.78 is 0. The molecule has 1 rings (SSSR count). The van der Waals surface area contributed by atoms with E-state index >= 15 is 0 Å². The number of phenols is 2. The third kappa shape index (κ3) is 3.02. The summed E-state index contributed by atoms with van der Waals surface area (Å²) in [6.45, 7) is 3.98. The lowest BCUT2D eigenvalue weighted by atomic mass is 10.1. The van der Waals surface area contributed by atoms with Gasteiger partial charge in [-0.15, -0.1) is 6.58 Å². The Balaban J connectivity index is 2.72. The van der Waals surface area contributed by atoms with Gasteiger partial charge in [-0.05, 0) is 24.6 Å². The maximum Gasteiger partial charge on any atom is 0.255 e. The predicted octanol–water partition coefficient (Wildman–Crippen LogP) is 1.40. The number of carbonyl (C=O) groups is 1. The number of rotatable bonds is 4. The maximum absolute atomic E-state index is 11.5. The van der Waals surface area contributed by atoms with Gasteiger partial charge < -0.3 is 15.5 Å². The second-order valence-corrected chi connectivity index (χ2v) is 3.03. The van der Waals surface area contributed by atoms with E-state index in [4.69, 9.17) is 5.11 Å². The lowest BCUT2D eigenvalue weighted by Gasteiger charge is -2.05. The second kappa shape index (κ2) is 5.05. The van der Waals surface area contributed by atoms with Crippen LogP contribution >= 0.6 is 0 Å². The van der Waals surface area contributed by atoms with E-state index in [2.05, 4.69) is 11.9 Å². The summed E-state index contributed by atoms with van der Waals surface area (Å²) in [5, 5.41) is 21.1. The van der Waals surface area contributed by atoms with Gasteiger partial charge in [0.2, 0.25) is 0 Å². The Morgan fingerprint density at radius 2 is 2.20 bits per heavy atom. The molecule has 4 nitrogen and oxygen atoms in total. The standard InChI is InChI=1S/C11H13NO3/c1-2-3-6-12-11(15)9-7-8(13)4-5-10(9)14/h2,4-5,7,13-14H,1,3,6H2,(H,12,15). The second-order valence-electron chi connectivity index (χ2n) is 3.03. The first-order valence-electron chi connectivity index (χ1n) is 4.56. The number of hydrogen-bond donors (Lipinski definition) is 3. The monoisotopic (exact) mass is 207 g/mol. The first kappa shape index (κ1) is 11.1. The van der Waals surface area contributed by atoms with Crippen LogP contribution in [-0.4, -0.2) is 22.7 Å². The highest BCUT2D eigenvalue weighted by Crippen LogP contribution is 2.21. The molecule has 0 saturated heterocycles. The molecule has 0 aromatic heterocycles. The van der Waals surface area contributed by atoms with Crippen LogP contribution in [0.25, 0.3) is 0 Å². The van der Waals surface area contributed by atoms with Gasteiger partial charge in [0, 0.05) is 6.54 Å². The van der Waals surface area contributed by atoms with Crippen molar-refractivity contribution in [3.8, 4) is 11.5 Å². The number of amides is 1. The summed E-state index contributed by atoms with van der Waals surface area (Å²) in [7, 11) is 0. The van der Waals surface area contributed by atoms with Crippen LogP contribution in [0.3, 0.4) is 0 Å². The van der Waals surface area contributed by atoms with Crippen molar-refractivity contribution in [2.24, 2.45) is 0 Å². The topological polar surface area (TPSA) is 69.6 Å². The van der Waals surface area contributed by atoms with Crippen molar-refractivity contribution >= 4 is 5.91 Å². The van der Waals surface area contributed by atoms with Gasteiger partial charge in [0.05, 0.1) is 5.56 Å². The van der Waals surface area contributed by atoms with Crippen molar-refractivity contribution in [2.45, 2.75) is 6.42 Å². The van der Waals surface area contributed by atoms with Crippen LogP contribution in [-0.2, 0) is 0 Å². The Bertz CT molecular complexity index is 374. The largest absolute Gasteiger partial charge is 0.508 e. The molecule has 0 fully saturated rings. The van der Waals surface area contributed by atoms with E-state index < -0.39 is 5.91 Å². The van der Waals surface area contributed by atoms with Gasteiger partial charge in [0.25, 0.3) is 5.91 Å². The predicted molar refractivity (Wildman–Crippen MR) is 56.9 cm³/mol. The average Bonchev–Trinajstić information content (AvgIpc) is 2.22. The number of phenolic OH excluding ortho intramolecular Hbond substituents is 2. The first-order valence-corrected chi connectivity index (χ1v) is 4.56. The van der Waals surface area contributed by atoms with Crippen LogP contribution in [0.5, 0.6) is 11.5 Å². The molecular weight excluding hydrogens is 194 g/mol. The Morgan fingerprint density at radius 3 is 2.87 bits per heavy atom. The number of benzene rings is 1. The van der Waals surface area contributed by atoms with E-state index in [0.717, 1.165) is 0 Å². The first-order chi connectivity index (χ1) is 7.15. The molecule has 0 aliphatic carbocycles. The fraction of sp³-hybridized carbons (Fsp3) is 0.182. The van der Waals surface area contributed by atoms with Crippen LogP contribution in [0, 0.1) is 0 Å². The van der Waals surface area contributed by atoms with Crippen LogP contribution in [0.2, 0.25) is 0 Å². The zero-order chi connectivity index (χ0) is 11.3. The SMILES string of the molecule is C=CCCNC(=O)c1cc(O)ccc1O. The van der Waals surface area contributed by atoms with Gasteiger partial charge in [-0.2, -0.15) is 0 Å². The van der Waals surface area contributed by atoms with Crippen molar-refractivity contribution in [3.05, 3.63) is 36.4 Å². The minimum absolute atomic E-state index is 0.0540. The van der Waals surface area contributed by atoms with E-state index in [1.54, 1.807) is 6.08 Å². The van der Waals surface area contributed by atoms with E-state index in [9.17, 15) is 9.90 Å². The normalized spacial score (nSPS) is 9.60. The molecule has 0 spiro atoms. The summed E-state index contributed by atoms with van der Waals surface area (Å²) in [6.07, 6.45) is 2.34. The van der Waals surface area contributed by atoms with E-state index in [0.29, 0.717) is 13.0 Å². The van der Waals surface area contributed by atoms with E-state index in [1.165, 1.54) is 18.2 Å². The van der Waals surface area contributed by atoms with Gasteiger partial charge in [-0.25, -0.2) is 0 Å². The number of aromatic hydroxyl groups is 2. The Kier molecular flexibility index (Phi) is 3.74. The zero-order valence-electron chi connectivity index (χ0n) is 8.23. The summed E-state index contributed by atoms with van der Waals surface area (Å²) in [6, 6.07) is 3.81. The number of hydrogen-bond acceptors (Lipinski definition) is 3. The number of carbonyl (C=O) groups excluding carboxylic acids is 1. The summed E-state index contributed by atoms with van der Waals surface area (Å²) >= 11 is 0. The quantitative estimate of drug-likeness (QED) is 0.397. The zero-order valence-corrected chi connectivity index (χ0v) is 8.23. The molecule has 1 amide bonds. The minimum Gasteiger partial charge on any atom is -0.508 e. The molecule has 0 heterocycles. The summed E-state index contributed by atoms with van der Waals surface area (Å²) in [5.41, 5.74) is 0.0686. The van der Waals surface area contributed by atoms with Crippen molar-refractivity contribution in [1.82, 2.24) is 5.32 Å². The van der Waals surface area contributed by atoms with Gasteiger partial charge in [-0.1, -0.05) is 6.08 Å². The Morgan fingerprint density at radius 1 is 1.47 bits per heavy atom. The van der Waals surface area contributed by atoms with Crippen LogP contribution in [0.4, 0.5) is 0 Å². The molecule has 0 aliphatic heterocycles. The van der Waals surface area contributed by atoms with Gasteiger partial charge in [0.1, 0.15) is 11.5 Å². The lowest BCUT2D eigenvalue weighted by molar-refractivity contribution is 0.0951. The molecule has 1 aromatic carbocycles. The average molecular weight is 207 g/mol. The Hall–Kier alpha value is -1.97. The minimum atomic E-state index is -0.412. The molecule has 0 unspecified atom stereocenters. The smallest absolute Gasteiger partial charge is 0.255 e. The lowest BCUT2D eigenvalue weighted by Crippen LogP contribution is -2.24. The van der Waals surface area contributed by atoms with Crippen molar-refractivity contribution < 1.29 is 15.0 Å². The molecule has 0 bridgehead atoms. The van der Waals surface area contributed by atoms with Gasteiger partial charge in [-0.3, -0.25) is 4.79 Å². The fourth-order valence-corrected chi connectivity index (χ4v) is 1.09. The molecule has 4 heteroatoms. The van der Waals surface area contributed by atoms with Crippen LogP contribution < -0.4 is 5.32 Å². The summed E-state index contributed by atoms with van der Waals surface area (Å²) in [4.78, 5) is 11.5. The maximum atomic E-state index is 11.5. The molecule has 3 N–H and O–H groups in total. The third-order valence-corrected chi connectivity index (χ3v) is 1.86. The van der Waals surface area contributed by atoms with Gasteiger partial charge >= 0.3 is 0 Å². The third-order valence-electron chi connectivity index (χ3n) is 1.86. The highest BCUT2D eigenvalue weighted by Gasteiger charge is 2.10. The van der Waals surface area contributed by atoms with Crippen LogP contribution in [0.15, 0.2) is 30.9 Å². The Labute approximate surface area is 87.9 Å². The van der Waals surface area contributed by atoms with E-state index in [-0.39, 0.29) is 17.1 Å². The molecule has 1 aromatic rings. The van der Waals surface area contributed by atoms with E-state index in [1.807, 2.05) is 0 Å². The number of nitrogens with one attached hydrogen (secondary N) is 1. The van der Waals surface area contributed by atoms with Gasteiger partial charge in [0.15, 0.2) is 0 Å². The molecular formula is C11H13NO3. The molecule has 0 radical (unpaired) electrons. The highest BCUT2D eigenvalue weighted by atomic mass is 16.3.